The van der Waals surface area contributed by atoms with Crippen LogP contribution in [-0.2, 0) is 4.74 Å². The third-order valence-corrected chi connectivity index (χ3v) is 3.35. The van der Waals surface area contributed by atoms with Gasteiger partial charge in [0.15, 0.2) is 0 Å². The lowest BCUT2D eigenvalue weighted by molar-refractivity contribution is -0.0354. The minimum Gasteiger partial charge on any atom is -0.374 e. The monoisotopic (exact) mass is 213 g/mol. The third-order valence-electron chi connectivity index (χ3n) is 3.35. The molecule has 1 atom stereocenters. The summed E-state index contributed by atoms with van der Waals surface area (Å²) >= 11 is 0. The van der Waals surface area contributed by atoms with Crippen molar-refractivity contribution in [3.05, 3.63) is 0 Å². The van der Waals surface area contributed by atoms with Crippen LogP contribution < -0.4 is 5.32 Å². The molecule has 1 aliphatic carbocycles. The Kier molecular flexibility index (Phi) is 5.62. The van der Waals surface area contributed by atoms with Crippen molar-refractivity contribution in [2.45, 2.75) is 58.5 Å². The van der Waals surface area contributed by atoms with Crippen LogP contribution in [0.25, 0.3) is 0 Å². The zero-order chi connectivity index (χ0) is 11.1. The van der Waals surface area contributed by atoms with Gasteiger partial charge in [-0.15, -0.1) is 0 Å². The number of hydrogen-bond acceptors (Lipinski definition) is 2. The summed E-state index contributed by atoms with van der Waals surface area (Å²) in [5.41, 5.74) is 0.0457. The fraction of sp³-hybridized carbons (Fsp3) is 1.00. The van der Waals surface area contributed by atoms with E-state index >= 15 is 0 Å². The Hall–Kier alpha value is -0.0800. The van der Waals surface area contributed by atoms with E-state index in [9.17, 15) is 0 Å². The third kappa shape index (κ3) is 5.53. The van der Waals surface area contributed by atoms with Crippen LogP contribution in [0.1, 0.15) is 52.9 Å². The van der Waals surface area contributed by atoms with Crippen molar-refractivity contribution in [1.82, 2.24) is 5.32 Å². The Morgan fingerprint density at radius 1 is 1.33 bits per heavy atom. The molecule has 1 saturated carbocycles. The fourth-order valence-corrected chi connectivity index (χ4v) is 1.69. The Labute approximate surface area is 94.8 Å². The second kappa shape index (κ2) is 6.49. The Balaban J connectivity index is 2.11. The van der Waals surface area contributed by atoms with Crippen molar-refractivity contribution >= 4 is 0 Å². The van der Waals surface area contributed by atoms with Crippen LogP contribution in [0.3, 0.4) is 0 Å². The highest BCUT2D eigenvalue weighted by atomic mass is 16.5. The van der Waals surface area contributed by atoms with E-state index in [-0.39, 0.29) is 5.60 Å². The van der Waals surface area contributed by atoms with E-state index in [0.29, 0.717) is 0 Å². The first-order chi connectivity index (χ1) is 7.20. The topological polar surface area (TPSA) is 21.3 Å². The minimum atomic E-state index is 0.0457. The molecule has 0 bridgehead atoms. The summed E-state index contributed by atoms with van der Waals surface area (Å²) in [4.78, 5) is 0. The highest BCUT2D eigenvalue weighted by Crippen LogP contribution is 2.32. The Bertz CT molecular complexity index is 168. The van der Waals surface area contributed by atoms with Crippen LogP contribution in [0.15, 0.2) is 0 Å². The lowest BCUT2D eigenvalue weighted by Gasteiger charge is -2.29. The zero-order valence-corrected chi connectivity index (χ0v) is 10.6. The van der Waals surface area contributed by atoms with Gasteiger partial charge in [-0.05, 0) is 38.6 Å². The summed E-state index contributed by atoms with van der Waals surface area (Å²) in [7, 11) is 0. The molecule has 1 rings (SSSR count). The number of nitrogens with one attached hydrogen (secondary N) is 1. The molecular weight excluding hydrogens is 186 g/mol. The molecule has 2 heteroatoms. The lowest BCUT2D eigenvalue weighted by atomic mass is 10.0. The molecule has 0 aromatic heterocycles. The first kappa shape index (κ1) is 13.0. The van der Waals surface area contributed by atoms with Crippen LogP contribution in [0, 0.1) is 5.92 Å². The Morgan fingerprint density at radius 3 is 2.60 bits per heavy atom. The molecule has 15 heavy (non-hydrogen) atoms. The van der Waals surface area contributed by atoms with E-state index in [1.54, 1.807) is 0 Å². The molecular formula is C13H27NO. The number of rotatable bonds is 9. The van der Waals surface area contributed by atoms with Crippen molar-refractivity contribution in [2.24, 2.45) is 5.92 Å². The minimum absolute atomic E-state index is 0.0457. The molecule has 1 fully saturated rings. The van der Waals surface area contributed by atoms with Gasteiger partial charge in [0.1, 0.15) is 0 Å². The van der Waals surface area contributed by atoms with Gasteiger partial charge < -0.3 is 10.1 Å². The standard InChI is InChI=1S/C13H27NO/c1-4-9-14-11-13(3,5-2)15-10-8-12-6-7-12/h12,14H,4-11H2,1-3H3. The van der Waals surface area contributed by atoms with Crippen LogP contribution in [0.2, 0.25) is 0 Å². The molecule has 0 aromatic carbocycles. The summed E-state index contributed by atoms with van der Waals surface area (Å²) in [6, 6.07) is 0. The van der Waals surface area contributed by atoms with Crippen LogP contribution >= 0.6 is 0 Å². The molecule has 0 radical (unpaired) electrons. The smallest absolute Gasteiger partial charge is 0.0775 e. The Morgan fingerprint density at radius 2 is 2.07 bits per heavy atom. The maximum atomic E-state index is 6.01. The molecule has 2 nitrogen and oxygen atoms in total. The maximum absolute atomic E-state index is 6.01. The maximum Gasteiger partial charge on any atom is 0.0775 e. The molecule has 0 aliphatic heterocycles. The summed E-state index contributed by atoms with van der Waals surface area (Å²) in [5.74, 6) is 0.981. The van der Waals surface area contributed by atoms with E-state index in [1.807, 2.05) is 0 Å². The second-order valence-corrected chi connectivity index (χ2v) is 5.06. The average Bonchev–Trinajstić information content (AvgIpc) is 3.02. The van der Waals surface area contributed by atoms with Crippen molar-refractivity contribution in [3.8, 4) is 0 Å². The van der Waals surface area contributed by atoms with Gasteiger partial charge >= 0.3 is 0 Å². The fourth-order valence-electron chi connectivity index (χ4n) is 1.69. The number of hydrogen-bond donors (Lipinski definition) is 1. The summed E-state index contributed by atoms with van der Waals surface area (Å²) < 4.78 is 6.01. The number of ether oxygens (including phenoxy) is 1. The largest absolute Gasteiger partial charge is 0.374 e. The molecule has 90 valence electrons. The van der Waals surface area contributed by atoms with Gasteiger partial charge in [-0.2, -0.15) is 0 Å². The van der Waals surface area contributed by atoms with Crippen molar-refractivity contribution < 1.29 is 4.74 Å². The van der Waals surface area contributed by atoms with Crippen molar-refractivity contribution in [3.63, 3.8) is 0 Å². The van der Waals surface area contributed by atoms with Crippen molar-refractivity contribution in [2.75, 3.05) is 19.7 Å². The molecule has 0 saturated heterocycles. The highest BCUT2D eigenvalue weighted by Gasteiger charge is 2.25. The van der Waals surface area contributed by atoms with E-state index in [0.717, 1.165) is 32.0 Å². The highest BCUT2D eigenvalue weighted by molar-refractivity contribution is 4.78. The normalized spacial score (nSPS) is 20.2. The molecule has 1 unspecified atom stereocenters. The first-order valence-electron chi connectivity index (χ1n) is 6.55. The summed E-state index contributed by atoms with van der Waals surface area (Å²) in [6.45, 7) is 9.67. The summed E-state index contributed by atoms with van der Waals surface area (Å²) in [6.07, 6.45) is 6.42. The lowest BCUT2D eigenvalue weighted by Crippen LogP contribution is -2.40. The summed E-state index contributed by atoms with van der Waals surface area (Å²) in [5, 5.41) is 3.46. The molecule has 0 spiro atoms. The SMILES string of the molecule is CCCNCC(C)(CC)OCCC1CC1. The van der Waals surface area contributed by atoms with E-state index < -0.39 is 0 Å². The van der Waals surface area contributed by atoms with Gasteiger partial charge in [-0.1, -0.05) is 26.7 Å². The van der Waals surface area contributed by atoms with Gasteiger partial charge in [0.05, 0.1) is 5.60 Å². The molecule has 1 aliphatic rings. The van der Waals surface area contributed by atoms with Crippen LogP contribution in [0.4, 0.5) is 0 Å². The first-order valence-corrected chi connectivity index (χ1v) is 6.55. The predicted molar refractivity (Wildman–Crippen MR) is 65.1 cm³/mol. The second-order valence-electron chi connectivity index (χ2n) is 5.06. The van der Waals surface area contributed by atoms with E-state index in [2.05, 4.69) is 26.1 Å². The molecule has 0 heterocycles. The predicted octanol–water partition coefficient (Wildman–Crippen LogP) is 2.97. The molecule has 0 aromatic rings. The van der Waals surface area contributed by atoms with Gasteiger partial charge in [-0.3, -0.25) is 0 Å². The van der Waals surface area contributed by atoms with Gasteiger partial charge in [0.25, 0.3) is 0 Å². The van der Waals surface area contributed by atoms with Gasteiger partial charge in [0, 0.05) is 13.2 Å². The quantitative estimate of drug-likeness (QED) is 0.595. The van der Waals surface area contributed by atoms with E-state index in [1.165, 1.54) is 25.7 Å². The van der Waals surface area contributed by atoms with Crippen LogP contribution in [0.5, 0.6) is 0 Å². The van der Waals surface area contributed by atoms with Crippen LogP contribution in [-0.4, -0.2) is 25.3 Å². The van der Waals surface area contributed by atoms with Gasteiger partial charge in [0.2, 0.25) is 0 Å². The zero-order valence-electron chi connectivity index (χ0n) is 10.6. The van der Waals surface area contributed by atoms with E-state index in [4.69, 9.17) is 4.74 Å². The molecule has 1 N–H and O–H groups in total. The average molecular weight is 213 g/mol. The van der Waals surface area contributed by atoms with Gasteiger partial charge in [-0.25, -0.2) is 0 Å². The molecule has 0 amide bonds. The van der Waals surface area contributed by atoms with Crippen molar-refractivity contribution in [1.29, 1.82) is 0 Å².